The van der Waals surface area contributed by atoms with Crippen molar-refractivity contribution in [2.45, 2.75) is 25.5 Å². The van der Waals surface area contributed by atoms with E-state index in [9.17, 15) is 9.90 Å². The second-order valence-electron chi connectivity index (χ2n) is 4.75. The summed E-state index contributed by atoms with van der Waals surface area (Å²) in [5.74, 6) is 0.147. The number of carbonyl (C=O) groups excluding carboxylic acids is 1. The van der Waals surface area contributed by atoms with Crippen molar-refractivity contribution in [1.82, 2.24) is 5.32 Å². The lowest BCUT2D eigenvalue weighted by Gasteiger charge is -2.20. The Labute approximate surface area is 123 Å². The van der Waals surface area contributed by atoms with Crippen molar-refractivity contribution in [3.63, 3.8) is 0 Å². The molecule has 0 bridgehead atoms. The number of rotatable bonds is 7. The molecule has 4 heteroatoms. The predicted octanol–water partition coefficient (Wildman–Crippen LogP) is 3.03. The summed E-state index contributed by atoms with van der Waals surface area (Å²) in [6.07, 6.45) is -0.111. The zero-order chi connectivity index (χ0) is 14.4. The molecule has 2 unspecified atom stereocenters. The van der Waals surface area contributed by atoms with E-state index < -0.39 is 6.10 Å². The van der Waals surface area contributed by atoms with Gasteiger partial charge in [-0.15, -0.1) is 11.3 Å². The molecule has 1 heterocycles. The van der Waals surface area contributed by atoms with Crippen LogP contribution in [0.15, 0.2) is 47.8 Å². The van der Waals surface area contributed by atoms with Crippen LogP contribution < -0.4 is 5.32 Å². The Hall–Kier alpha value is -1.49. The van der Waals surface area contributed by atoms with Crippen LogP contribution in [-0.4, -0.2) is 23.5 Å². The van der Waals surface area contributed by atoms with Crippen LogP contribution in [0.1, 0.15) is 34.7 Å². The Balaban J connectivity index is 1.78. The van der Waals surface area contributed by atoms with E-state index in [1.807, 2.05) is 54.8 Å². The second kappa shape index (κ2) is 7.33. The number of benzene rings is 1. The molecule has 0 radical (unpaired) electrons. The van der Waals surface area contributed by atoms with Gasteiger partial charge in [0.05, 0.1) is 11.0 Å². The molecule has 2 rings (SSSR count). The summed E-state index contributed by atoms with van der Waals surface area (Å²) < 4.78 is 0. The van der Waals surface area contributed by atoms with E-state index in [0.717, 1.165) is 10.4 Å². The maximum Gasteiger partial charge on any atom is 0.174 e. The van der Waals surface area contributed by atoms with Crippen molar-refractivity contribution in [2.24, 2.45) is 0 Å². The maximum atomic E-state index is 11.8. The van der Waals surface area contributed by atoms with Crippen LogP contribution in [0.4, 0.5) is 0 Å². The molecular formula is C16H19NO2S. The van der Waals surface area contributed by atoms with Crippen LogP contribution in [-0.2, 0) is 0 Å². The van der Waals surface area contributed by atoms with Crippen molar-refractivity contribution in [1.29, 1.82) is 0 Å². The Bertz CT molecular complexity index is 525. The number of nitrogens with one attached hydrogen (secondary N) is 1. The van der Waals surface area contributed by atoms with Gasteiger partial charge in [-0.05, 0) is 23.9 Å². The summed E-state index contributed by atoms with van der Waals surface area (Å²) in [5.41, 5.74) is 0.886. The Morgan fingerprint density at radius 3 is 2.65 bits per heavy atom. The van der Waals surface area contributed by atoms with E-state index in [2.05, 4.69) is 5.32 Å². The quantitative estimate of drug-likeness (QED) is 0.770. The minimum absolute atomic E-state index is 0.0893. The molecule has 0 aliphatic rings. The summed E-state index contributed by atoms with van der Waals surface area (Å²) in [5, 5.41) is 15.3. The zero-order valence-corrected chi connectivity index (χ0v) is 12.3. The van der Waals surface area contributed by atoms with Crippen LogP contribution in [0.3, 0.4) is 0 Å². The molecule has 2 atom stereocenters. The van der Waals surface area contributed by atoms with Gasteiger partial charge in [0.25, 0.3) is 0 Å². The van der Waals surface area contributed by atoms with Gasteiger partial charge in [0.1, 0.15) is 0 Å². The normalized spacial score (nSPS) is 13.9. The van der Waals surface area contributed by atoms with E-state index in [1.165, 1.54) is 11.3 Å². The molecule has 0 aliphatic heterocycles. The summed E-state index contributed by atoms with van der Waals surface area (Å²) in [7, 11) is 0. The molecular weight excluding hydrogens is 270 g/mol. The highest BCUT2D eigenvalue weighted by Gasteiger charge is 2.16. The van der Waals surface area contributed by atoms with Crippen molar-refractivity contribution in [3.8, 4) is 0 Å². The molecule has 0 amide bonds. The summed E-state index contributed by atoms with van der Waals surface area (Å²) in [6, 6.07) is 13.2. The number of thiophene rings is 1. The third-order valence-electron chi connectivity index (χ3n) is 3.23. The topological polar surface area (TPSA) is 49.3 Å². The van der Waals surface area contributed by atoms with Crippen LogP contribution >= 0.6 is 11.3 Å². The van der Waals surface area contributed by atoms with E-state index in [1.54, 1.807) is 0 Å². The first-order chi connectivity index (χ1) is 9.68. The van der Waals surface area contributed by atoms with Crippen molar-refractivity contribution >= 4 is 17.1 Å². The first-order valence-corrected chi connectivity index (χ1v) is 7.59. The predicted molar refractivity (Wildman–Crippen MR) is 82.1 cm³/mol. The fourth-order valence-electron chi connectivity index (χ4n) is 2.02. The highest BCUT2D eigenvalue weighted by molar-refractivity contribution is 7.12. The monoisotopic (exact) mass is 289 g/mol. The van der Waals surface area contributed by atoms with Gasteiger partial charge in [0.2, 0.25) is 0 Å². The van der Waals surface area contributed by atoms with Gasteiger partial charge in [0, 0.05) is 19.0 Å². The molecule has 3 nitrogen and oxygen atoms in total. The van der Waals surface area contributed by atoms with Crippen LogP contribution in [0.25, 0.3) is 0 Å². The standard InChI is InChI=1S/C16H19NO2S/c1-12(16(19)13-6-3-2-4-7-13)17-10-9-14(18)15-8-5-11-20-15/h2-8,11-12,16-17,19H,9-10H2,1H3. The Morgan fingerprint density at radius 2 is 2.00 bits per heavy atom. The first kappa shape index (κ1) is 14.9. The molecule has 0 spiro atoms. The van der Waals surface area contributed by atoms with Crippen LogP contribution in [0, 0.1) is 0 Å². The first-order valence-electron chi connectivity index (χ1n) is 6.71. The lowest BCUT2D eigenvalue weighted by Crippen LogP contribution is -2.33. The molecule has 0 aliphatic carbocycles. The molecule has 1 aromatic carbocycles. The third kappa shape index (κ3) is 4.00. The highest BCUT2D eigenvalue weighted by atomic mass is 32.1. The lowest BCUT2D eigenvalue weighted by molar-refractivity contribution is 0.0976. The van der Waals surface area contributed by atoms with Crippen molar-refractivity contribution in [2.75, 3.05) is 6.54 Å². The van der Waals surface area contributed by atoms with E-state index in [4.69, 9.17) is 0 Å². The number of aliphatic hydroxyl groups excluding tert-OH is 1. The largest absolute Gasteiger partial charge is 0.387 e. The Kier molecular flexibility index (Phi) is 5.47. The molecule has 0 saturated carbocycles. The molecule has 2 N–H and O–H groups in total. The summed E-state index contributed by atoms with van der Waals surface area (Å²) >= 11 is 1.47. The van der Waals surface area contributed by atoms with Gasteiger partial charge in [-0.2, -0.15) is 0 Å². The number of ketones is 1. The fourth-order valence-corrected chi connectivity index (χ4v) is 2.72. The average molecular weight is 289 g/mol. The number of hydrogen-bond donors (Lipinski definition) is 2. The smallest absolute Gasteiger partial charge is 0.174 e. The maximum absolute atomic E-state index is 11.8. The summed E-state index contributed by atoms with van der Waals surface area (Å²) in [6.45, 7) is 2.50. The third-order valence-corrected chi connectivity index (χ3v) is 4.14. The number of hydrogen-bond acceptors (Lipinski definition) is 4. The van der Waals surface area contributed by atoms with Gasteiger partial charge in [-0.1, -0.05) is 36.4 Å². The van der Waals surface area contributed by atoms with Gasteiger partial charge in [-0.25, -0.2) is 0 Å². The molecule has 106 valence electrons. The highest BCUT2D eigenvalue weighted by Crippen LogP contribution is 2.16. The van der Waals surface area contributed by atoms with Gasteiger partial charge in [-0.3, -0.25) is 4.79 Å². The molecule has 0 saturated heterocycles. The van der Waals surface area contributed by atoms with Crippen LogP contribution in [0.2, 0.25) is 0 Å². The van der Waals surface area contributed by atoms with Gasteiger partial charge >= 0.3 is 0 Å². The van der Waals surface area contributed by atoms with Crippen molar-refractivity contribution < 1.29 is 9.90 Å². The SMILES string of the molecule is CC(NCCC(=O)c1cccs1)C(O)c1ccccc1. The van der Waals surface area contributed by atoms with Crippen LogP contribution in [0.5, 0.6) is 0 Å². The minimum atomic E-state index is -0.562. The summed E-state index contributed by atoms with van der Waals surface area (Å²) in [4.78, 5) is 12.6. The number of Topliss-reactive ketones (excluding diaryl/α,β-unsaturated/α-hetero) is 1. The molecule has 20 heavy (non-hydrogen) atoms. The molecule has 0 fully saturated rings. The zero-order valence-electron chi connectivity index (χ0n) is 11.5. The molecule has 2 aromatic rings. The van der Waals surface area contributed by atoms with Gasteiger partial charge < -0.3 is 10.4 Å². The average Bonchev–Trinajstić information content (AvgIpc) is 3.01. The molecule has 1 aromatic heterocycles. The number of carbonyl (C=O) groups is 1. The van der Waals surface area contributed by atoms with E-state index in [-0.39, 0.29) is 11.8 Å². The lowest BCUT2D eigenvalue weighted by atomic mass is 10.0. The minimum Gasteiger partial charge on any atom is -0.387 e. The van der Waals surface area contributed by atoms with Gasteiger partial charge in [0.15, 0.2) is 5.78 Å². The van der Waals surface area contributed by atoms with E-state index in [0.29, 0.717) is 13.0 Å². The fraction of sp³-hybridized carbons (Fsp3) is 0.312. The number of aliphatic hydroxyl groups is 1. The Morgan fingerprint density at radius 1 is 1.25 bits per heavy atom. The van der Waals surface area contributed by atoms with Crippen molar-refractivity contribution in [3.05, 3.63) is 58.3 Å². The van der Waals surface area contributed by atoms with E-state index >= 15 is 0 Å². The second-order valence-corrected chi connectivity index (χ2v) is 5.70.